The number of benzene rings is 2. The van der Waals surface area contributed by atoms with Crippen LogP contribution in [0.25, 0.3) is 39.5 Å². The molecule has 10 nitrogen and oxygen atoms in total. The minimum absolute atomic E-state index is 0.231. The zero-order chi connectivity index (χ0) is 32.5. The van der Waals surface area contributed by atoms with Crippen LogP contribution in [-0.4, -0.2) is 37.1 Å². The number of nitrogens with one attached hydrogen (secondary N) is 2. The van der Waals surface area contributed by atoms with Crippen molar-refractivity contribution in [1.82, 2.24) is 30.2 Å². The van der Waals surface area contributed by atoms with Crippen molar-refractivity contribution in [2.24, 2.45) is 0 Å². The van der Waals surface area contributed by atoms with Gasteiger partial charge in [-0.25, -0.2) is 19.7 Å². The number of aromatic nitrogens is 4. The minimum Gasteiger partial charge on any atom is -0.444 e. The van der Waals surface area contributed by atoms with Crippen molar-refractivity contribution in [2.45, 2.75) is 57.7 Å². The molecule has 0 atom stereocenters. The maximum atomic E-state index is 12.7. The van der Waals surface area contributed by atoms with Gasteiger partial charge in [0, 0.05) is 24.0 Å². The van der Waals surface area contributed by atoms with Crippen LogP contribution in [0.4, 0.5) is 10.6 Å². The number of carbonyl (C=O) groups excluding carboxylic acids is 2. The van der Waals surface area contributed by atoms with Gasteiger partial charge < -0.3 is 21.1 Å². The van der Waals surface area contributed by atoms with Gasteiger partial charge in [-0.2, -0.15) is 0 Å². The highest BCUT2D eigenvalue weighted by atomic mass is 16.6. The van der Waals surface area contributed by atoms with Crippen molar-refractivity contribution < 1.29 is 14.3 Å². The molecule has 0 radical (unpaired) electrons. The molecule has 46 heavy (non-hydrogen) atoms. The van der Waals surface area contributed by atoms with Crippen molar-refractivity contribution in [3.63, 3.8) is 0 Å². The number of anilines is 1. The summed E-state index contributed by atoms with van der Waals surface area (Å²) in [6.07, 6.45) is 5.16. The average molecular weight is 616 g/mol. The summed E-state index contributed by atoms with van der Waals surface area (Å²) in [6.45, 7) is 9.46. The van der Waals surface area contributed by atoms with E-state index in [-0.39, 0.29) is 5.91 Å². The number of hydrogen-bond donors (Lipinski definition) is 3. The number of nitrogen functional groups attached to an aromatic ring is 1. The first-order valence-corrected chi connectivity index (χ1v) is 15.3. The molecule has 2 aromatic carbocycles. The number of fused-ring (bicyclic) bond motifs is 1. The molecule has 3 heterocycles. The van der Waals surface area contributed by atoms with Crippen LogP contribution in [-0.2, 0) is 21.6 Å². The van der Waals surface area contributed by atoms with E-state index in [9.17, 15) is 9.59 Å². The fourth-order valence-electron chi connectivity index (χ4n) is 5.70. The molecule has 10 heteroatoms. The van der Waals surface area contributed by atoms with E-state index in [0.717, 1.165) is 47.3 Å². The largest absolute Gasteiger partial charge is 0.444 e. The Morgan fingerprint density at radius 2 is 1.83 bits per heavy atom. The molecule has 0 saturated heterocycles. The minimum atomic E-state index is -0.583. The lowest BCUT2D eigenvalue weighted by molar-refractivity contribution is -0.116. The molecule has 1 aliphatic rings. The molecular formula is C36H37N7O3. The summed E-state index contributed by atoms with van der Waals surface area (Å²) in [5.41, 5.74) is 11.8. The van der Waals surface area contributed by atoms with Gasteiger partial charge in [-0.15, -0.1) is 0 Å². The van der Waals surface area contributed by atoms with E-state index in [1.54, 1.807) is 6.20 Å². The number of hydrogen-bond acceptors (Lipinski definition) is 7. The molecule has 0 aliphatic heterocycles. The first-order valence-electron chi connectivity index (χ1n) is 15.3. The average Bonchev–Trinajstić information content (AvgIpc) is 3.40. The third-order valence-corrected chi connectivity index (χ3v) is 8.08. The molecule has 0 bridgehead atoms. The van der Waals surface area contributed by atoms with Gasteiger partial charge in [0.15, 0.2) is 11.5 Å². The van der Waals surface area contributed by atoms with E-state index in [2.05, 4.69) is 22.2 Å². The fraction of sp³-hybridized carbons (Fsp3) is 0.250. The highest BCUT2D eigenvalue weighted by molar-refractivity contribution is 5.87. The summed E-state index contributed by atoms with van der Waals surface area (Å²) >= 11 is 0. The molecule has 0 unspecified atom stereocenters. The zero-order valence-electron chi connectivity index (χ0n) is 26.2. The molecule has 1 saturated carbocycles. The van der Waals surface area contributed by atoms with Crippen LogP contribution in [0.15, 0.2) is 91.6 Å². The monoisotopic (exact) mass is 615 g/mol. The Balaban J connectivity index is 1.41. The van der Waals surface area contributed by atoms with E-state index >= 15 is 0 Å². The number of imidazole rings is 1. The Kier molecular flexibility index (Phi) is 8.04. The van der Waals surface area contributed by atoms with Crippen molar-refractivity contribution >= 4 is 29.0 Å². The summed E-state index contributed by atoms with van der Waals surface area (Å²) < 4.78 is 7.56. The van der Waals surface area contributed by atoms with Crippen LogP contribution in [0.3, 0.4) is 0 Å². The highest BCUT2D eigenvalue weighted by Crippen LogP contribution is 2.42. The Morgan fingerprint density at radius 3 is 2.50 bits per heavy atom. The number of amides is 2. The van der Waals surface area contributed by atoms with Crippen molar-refractivity contribution in [2.75, 3.05) is 5.73 Å². The highest BCUT2D eigenvalue weighted by Gasteiger charge is 2.41. The molecule has 3 aromatic heterocycles. The molecule has 6 rings (SSSR count). The van der Waals surface area contributed by atoms with Gasteiger partial charge in [0.2, 0.25) is 5.91 Å². The summed E-state index contributed by atoms with van der Waals surface area (Å²) in [4.78, 5) is 38.8. The lowest BCUT2D eigenvalue weighted by Gasteiger charge is -2.43. The predicted molar refractivity (Wildman–Crippen MR) is 179 cm³/mol. The second-order valence-electron chi connectivity index (χ2n) is 12.5. The van der Waals surface area contributed by atoms with Gasteiger partial charge in [-0.05, 0) is 99.7 Å². The first-order chi connectivity index (χ1) is 22.0. The Morgan fingerprint density at radius 1 is 1.04 bits per heavy atom. The number of rotatable bonds is 8. The molecule has 5 aromatic rings. The summed E-state index contributed by atoms with van der Waals surface area (Å²) in [6, 6.07) is 23.6. The molecular weight excluding hydrogens is 578 g/mol. The van der Waals surface area contributed by atoms with Crippen LogP contribution >= 0.6 is 0 Å². The standard InChI is InChI=1S/C36H37N7O3/c1-5-30(44)39-22-23-9-6-10-24(21-23)28-16-17-29-33(40-28)43(32(41-29)27-11-7-20-38-31(27)37)26-14-12-25(13-15-26)36(18-8-19-36)42-34(45)46-35(2,3)4/h5-7,9-17,20-21H,1,8,18-19,22H2,2-4H3,(H2,37,38)(H,39,44)(H,42,45). The number of carbonyl (C=O) groups is 2. The number of pyridine rings is 2. The third kappa shape index (κ3) is 6.19. The maximum absolute atomic E-state index is 12.7. The Hall–Kier alpha value is -5.51. The van der Waals surface area contributed by atoms with Crippen LogP contribution in [0.2, 0.25) is 0 Å². The molecule has 234 valence electrons. The smallest absolute Gasteiger partial charge is 0.408 e. The second kappa shape index (κ2) is 12.1. The van der Waals surface area contributed by atoms with Crippen molar-refractivity contribution in [1.29, 1.82) is 0 Å². The summed E-state index contributed by atoms with van der Waals surface area (Å²) in [7, 11) is 0. The molecule has 4 N–H and O–H groups in total. The second-order valence-corrected chi connectivity index (χ2v) is 12.5. The van der Waals surface area contributed by atoms with E-state index in [0.29, 0.717) is 34.9 Å². The van der Waals surface area contributed by atoms with Gasteiger partial charge in [0.05, 0.1) is 16.8 Å². The topological polar surface area (TPSA) is 137 Å². The third-order valence-electron chi connectivity index (χ3n) is 8.08. The summed E-state index contributed by atoms with van der Waals surface area (Å²) in [5.74, 6) is 0.746. The number of ether oxygens (including phenoxy) is 1. The van der Waals surface area contributed by atoms with Gasteiger partial charge in [0.25, 0.3) is 0 Å². The number of alkyl carbamates (subject to hydrolysis) is 1. The Labute approximate surface area is 267 Å². The van der Waals surface area contributed by atoms with Crippen LogP contribution in [0.1, 0.15) is 51.2 Å². The normalized spacial score (nSPS) is 13.9. The van der Waals surface area contributed by atoms with E-state index in [4.69, 9.17) is 20.4 Å². The lowest BCUT2D eigenvalue weighted by Crippen LogP contribution is -2.52. The fourth-order valence-corrected chi connectivity index (χ4v) is 5.70. The maximum Gasteiger partial charge on any atom is 0.408 e. The van der Waals surface area contributed by atoms with Crippen LogP contribution in [0, 0.1) is 0 Å². The summed E-state index contributed by atoms with van der Waals surface area (Å²) in [5, 5.41) is 5.95. The molecule has 1 aliphatic carbocycles. The van der Waals surface area contributed by atoms with Gasteiger partial charge in [-0.1, -0.05) is 36.9 Å². The zero-order valence-corrected chi connectivity index (χ0v) is 26.2. The van der Waals surface area contributed by atoms with Gasteiger partial charge in [-0.3, -0.25) is 9.36 Å². The van der Waals surface area contributed by atoms with E-state index in [1.165, 1.54) is 6.08 Å². The van der Waals surface area contributed by atoms with Crippen molar-refractivity contribution in [3.8, 4) is 28.3 Å². The SMILES string of the molecule is C=CC(=O)NCc1cccc(-c2ccc3nc(-c4cccnc4N)n(-c4ccc(C5(NC(=O)OC(C)(C)C)CCC5)cc4)c3n2)c1. The van der Waals surface area contributed by atoms with Gasteiger partial charge in [0.1, 0.15) is 16.9 Å². The first kappa shape index (κ1) is 30.5. The van der Waals surface area contributed by atoms with Crippen LogP contribution in [0.5, 0.6) is 0 Å². The van der Waals surface area contributed by atoms with Crippen molar-refractivity contribution in [3.05, 3.63) is 103 Å². The van der Waals surface area contributed by atoms with E-state index in [1.807, 2.05) is 98.1 Å². The molecule has 2 amide bonds. The van der Waals surface area contributed by atoms with E-state index < -0.39 is 17.2 Å². The predicted octanol–water partition coefficient (Wildman–Crippen LogP) is 6.44. The quantitative estimate of drug-likeness (QED) is 0.171. The van der Waals surface area contributed by atoms with Crippen LogP contribution < -0.4 is 16.4 Å². The Bertz CT molecular complexity index is 1940. The lowest BCUT2D eigenvalue weighted by atomic mass is 9.72. The van der Waals surface area contributed by atoms with Gasteiger partial charge >= 0.3 is 6.09 Å². The number of nitrogens with zero attached hydrogens (tertiary/aromatic N) is 4. The molecule has 0 spiro atoms. The number of nitrogens with two attached hydrogens (primary N) is 1. The molecule has 1 fully saturated rings.